The summed E-state index contributed by atoms with van der Waals surface area (Å²) in [6.07, 6.45) is 4.86. The van der Waals surface area contributed by atoms with Crippen LogP contribution >= 0.6 is 11.8 Å². The predicted molar refractivity (Wildman–Crippen MR) is 72.7 cm³/mol. The fourth-order valence-electron chi connectivity index (χ4n) is 1.90. The fraction of sp³-hybridized carbons (Fsp3) is 0.800. The predicted octanol–water partition coefficient (Wildman–Crippen LogP) is 0.753. The van der Waals surface area contributed by atoms with Gasteiger partial charge in [-0.1, -0.05) is 11.6 Å². The molecule has 1 fully saturated rings. The van der Waals surface area contributed by atoms with E-state index in [9.17, 15) is 8.42 Å². The molecule has 1 saturated heterocycles. The number of nitrogens with one attached hydrogen (secondary N) is 1. The maximum atomic E-state index is 12.0. The molecule has 2 rings (SSSR count). The van der Waals surface area contributed by atoms with Crippen LogP contribution in [0.25, 0.3) is 0 Å². The van der Waals surface area contributed by atoms with Gasteiger partial charge in [-0.15, -0.1) is 0 Å². The first kappa shape index (κ1) is 14.8. The number of nitrogens with zero attached hydrogens (tertiary/aromatic N) is 3. The molecule has 1 N–H and O–H groups in total. The summed E-state index contributed by atoms with van der Waals surface area (Å²) in [4.78, 5) is 4.10. The first-order valence-corrected chi connectivity index (χ1v) is 9.00. The van der Waals surface area contributed by atoms with Crippen molar-refractivity contribution in [2.75, 3.05) is 19.3 Å². The van der Waals surface area contributed by atoms with Crippen LogP contribution < -0.4 is 4.72 Å². The van der Waals surface area contributed by atoms with Crippen LogP contribution in [0.5, 0.6) is 0 Å². The standard InChI is InChI=1S/C10H18N4O3S2/c1-18-8-9-12-10(17-13-9)7-11-19(15,16)14-5-3-2-4-6-14/h11H,2-8H2,1H3. The van der Waals surface area contributed by atoms with Crippen molar-refractivity contribution in [3.63, 3.8) is 0 Å². The molecule has 0 amide bonds. The largest absolute Gasteiger partial charge is 0.338 e. The summed E-state index contributed by atoms with van der Waals surface area (Å²) in [7, 11) is -3.43. The van der Waals surface area contributed by atoms with Crippen LogP contribution in [0.15, 0.2) is 4.52 Å². The minimum Gasteiger partial charge on any atom is -0.338 e. The van der Waals surface area contributed by atoms with Gasteiger partial charge >= 0.3 is 0 Å². The normalized spacial score (nSPS) is 17.7. The third-order valence-corrected chi connectivity index (χ3v) is 4.95. The first-order valence-electron chi connectivity index (χ1n) is 6.17. The van der Waals surface area contributed by atoms with Gasteiger partial charge in [0.2, 0.25) is 5.89 Å². The van der Waals surface area contributed by atoms with Gasteiger partial charge in [-0.2, -0.15) is 34.2 Å². The quantitative estimate of drug-likeness (QED) is 0.834. The molecule has 1 aromatic rings. The Morgan fingerprint density at radius 3 is 2.79 bits per heavy atom. The van der Waals surface area contributed by atoms with Gasteiger partial charge in [0.05, 0.1) is 12.3 Å². The lowest BCUT2D eigenvalue weighted by Gasteiger charge is -2.25. The number of hydrogen-bond donors (Lipinski definition) is 1. The van der Waals surface area contributed by atoms with Crippen LogP contribution in [0.2, 0.25) is 0 Å². The molecule has 19 heavy (non-hydrogen) atoms. The first-order chi connectivity index (χ1) is 9.12. The Kier molecular flexibility index (Phi) is 5.20. The van der Waals surface area contributed by atoms with Crippen molar-refractivity contribution in [2.45, 2.75) is 31.6 Å². The van der Waals surface area contributed by atoms with Gasteiger partial charge in [0.25, 0.3) is 10.2 Å². The highest BCUT2D eigenvalue weighted by Crippen LogP contribution is 2.12. The molecular formula is C10H18N4O3S2. The Labute approximate surface area is 117 Å². The molecule has 108 valence electrons. The van der Waals surface area contributed by atoms with E-state index in [1.54, 1.807) is 11.8 Å². The number of hydrogen-bond acceptors (Lipinski definition) is 6. The zero-order valence-electron chi connectivity index (χ0n) is 10.8. The highest BCUT2D eigenvalue weighted by Gasteiger charge is 2.24. The van der Waals surface area contributed by atoms with Crippen molar-refractivity contribution in [3.8, 4) is 0 Å². The fourth-order valence-corrected chi connectivity index (χ4v) is 3.50. The van der Waals surface area contributed by atoms with Crippen molar-refractivity contribution >= 4 is 22.0 Å². The Morgan fingerprint density at radius 1 is 1.37 bits per heavy atom. The van der Waals surface area contributed by atoms with E-state index in [-0.39, 0.29) is 6.54 Å². The van der Waals surface area contributed by atoms with Crippen LogP contribution in [0.1, 0.15) is 31.0 Å². The van der Waals surface area contributed by atoms with E-state index in [0.29, 0.717) is 30.6 Å². The molecule has 7 nitrogen and oxygen atoms in total. The molecule has 1 aromatic heterocycles. The lowest BCUT2D eigenvalue weighted by molar-refractivity contribution is 0.336. The van der Waals surface area contributed by atoms with E-state index in [2.05, 4.69) is 14.9 Å². The highest BCUT2D eigenvalue weighted by molar-refractivity contribution is 7.97. The van der Waals surface area contributed by atoms with E-state index in [0.717, 1.165) is 19.3 Å². The zero-order chi connectivity index (χ0) is 13.7. The lowest BCUT2D eigenvalue weighted by atomic mass is 10.2. The smallest absolute Gasteiger partial charge is 0.279 e. The molecule has 2 heterocycles. The number of thioether (sulfide) groups is 1. The van der Waals surface area contributed by atoms with Crippen molar-refractivity contribution in [1.82, 2.24) is 19.2 Å². The van der Waals surface area contributed by atoms with Crippen LogP contribution in [-0.2, 0) is 22.5 Å². The summed E-state index contributed by atoms with van der Waals surface area (Å²) in [5.74, 6) is 1.53. The SMILES string of the molecule is CSCc1noc(CNS(=O)(=O)N2CCCCC2)n1. The molecule has 1 aliphatic rings. The van der Waals surface area contributed by atoms with Crippen molar-refractivity contribution < 1.29 is 12.9 Å². The van der Waals surface area contributed by atoms with Gasteiger partial charge in [0, 0.05) is 13.1 Å². The maximum Gasteiger partial charge on any atom is 0.279 e. The molecule has 0 unspecified atom stereocenters. The summed E-state index contributed by atoms with van der Waals surface area (Å²) in [6, 6.07) is 0. The van der Waals surface area contributed by atoms with Crippen LogP contribution in [0.3, 0.4) is 0 Å². The topological polar surface area (TPSA) is 88.3 Å². The molecule has 9 heteroatoms. The number of rotatable bonds is 6. The summed E-state index contributed by atoms with van der Waals surface area (Å²) in [6.45, 7) is 1.20. The number of aromatic nitrogens is 2. The van der Waals surface area contributed by atoms with Crippen LogP contribution in [0, 0.1) is 0 Å². The van der Waals surface area contributed by atoms with Gasteiger partial charge in [-0.05, 0) is 19.1 Å². The summed E-state index contributed by atoms with van der Waals surface area (Å²) in [5, 5.41) is 3.76. The summed E-state index contributed by atoms with van der Waals surface area (Å²) < 4.78 is 33.0. The molecule has 1 aliphatic heterocycles. The Balaban J connectivity index is 1.89. The average Bonchev–Trinajstić information content (AvgIpc) is 2.86. The Bertz CT molecular complexity index is 497. The van der Waals surface area contributed by atoms with Crippen molar-refractivity contribution in [3.05, 3.63) is 11.7 Å². The summed E-state index contributed by atoms with van der Waals surface area (Å²) >= 11 is 1.58. The van der Waals surface area contributed by atoms with E-state index < -0.39 is 10.2 Å². The lowest BCUT2D eigenvalue weighted by Crippen LogP contribution is -2.43. The van der Waals surface area contributed by atoms with Crippen molar-refractivity contribution in [2.24, 2.45) is 0 Å². The minimum absolute atomic E-state index is 0.0419. The highest BCUT2D eigenvalue weighted by atomic mass is 32.2. The third-order valence-electron chi connectivity index (χ3n) is 2.84. The molecule has 0 radical (unpaired) electrons. The molecule has 0 aliphatic carbocycles. The minimum atomic E-state index is -3.43. The molecular weight excluding hydrogens is 288 g/mol. The monoisotopic (exact) mass is 306 g/mol. The van der Waals surface area contributed by atoms with Gasteiger partial charge in [-0.25, -0.2) is 0 Å². The van der Waals surface area contributed by atoms with E-state index in [1.165, 1.54) is 4.31 Å². The van der Waals surface area contributed by atoms with Gasteiger partial charge < -0.3 is 4.52 Å². The second-order valence-electron chi connectivity index (χ2n) is 4.32. The molecule has 0 saturated carbocycles. The molecule has 0 atom stereocenters. The van der Waals surface area contributed by atoms with Gasteiger partial charge in [0.15, 0.2) is 5.82 Å². The van der Waals surface area contributed by atoms with E-state index in [4.69, 9.17) is 4.52 Å². The van der Waals surface area contributed by atoms with Crippen molar-refractivity contribution in [1.29, 1.82) is 0 Å². The van der Waals surface area contributed by atoms with Gasteiger partial charge in [-0.3, -0.25) is 0 Å². The molecule has 0 spiro atoms. The molecule has 0 bridgehead atoms. The van der Waals surface area contributed by atoms with E-state index >= 15 is 0 Å². The second kappa shape index (κ2) is 6.69. The molecule has 0 aromatic carbocycles. The van der Waals surface area contributed by atoms with E-state index in [1.807, 2.05) is 6.26 Å². The zero-order valence-corrected chi connectivity index (χ0v) is 12.5. The Hall–Kier alpha value is -0.640. The van der Waals surface area contributed by atoms with Crippen LogP contribution in [-0.4, -0.2) is 42.2 Å². The van der Waals surface area contributed by atoms with Crippen LogP contribution in [0.4, 0.5) is 0 Å². The Morgan fingerprint density at radius 2 is 2.11 bits per heavy atom. The summed E-state index contributed by atoms with van der Waals surface area (Å²) in [5.41, 5.74) is 0. The average molecular weight is 306 g/mol. The second-order valence-corrected chi connectivity index (χ2v) is 6.94. The van der Waals surface area contributed by atoms with Gasteiger partial charge in [0.1, 0.15) is 0 Å². The third kappa shape index (κ3) is 4.16. The number of piperidine rings is 1. The maximum absolute atomic E-state index is 12.0.